The molecule has 0 spiro atoms. The van der Waals surface area contributed by atoms with Gasteiger partial charge in [-0.05, 0) is 51.3 Å². The highest BCUT2D eigenvalue weighted by Crippen LogP contribution is 2.30. The zero-order chi connectivity index (χ0) is 31.1. The van der Waals surface area contributed by atoms with Gasteiger partial charge in [0.15, 0.2) is 28.9 Å². The highest BCUT2D eigenvalue weighted by Gasteiger charge is 2.32. The second-order valence-corrected chi connectivity index (χ2v) is 11.5. The Morgan fingerprint density at radius 3 is 2.80 bits per heavy atom. The minimum atomic E-state index is -0.680. The largest absolute Gasteiger partial charge is 0.503 e. The van der Waals surface area contributed by atoms with Crippen LogP contribution in [0.25, 0.3) is 22.4 Å². The van der Waals surface area contributed by atoms with E-state index < -0.39 is 28.7 Å². The predicted octanol–water partition coefficient (Wildman–Crippen LogP) is 3.32. The molecule has 4 N–H and O–H groups in total. The van der Waals surface area contributed by atoms with Crippen LogP contribution in [0.5, 0.6) is 5.75 Å². The number of hydrogen-bond acceptors (Lipinski definition) is 8. The first-order valence-corrected chi connectivity index (χ1v) is 14.6. The van der Waals surface area contributed by atoms with Crippen molar-refractivity contribution in [1.82, 2.24) is 34.9 Å². The van der Waals surface area contributed by atoms with Crippen LogP contribution in [-0.2, 0) is 17.9 Å². The van der Waals surface area contributed by atoms with Crippen molar-refractivity contribution in [2.75, 3.05) is 11.9 Å². The number of halogens is 2. The minimum absolute atomic E-state index is 0.00697. The van der Waals surface area contributed by atoms with Gasteiger partial charge in [0.05, 0.1) is 18.3 Å². The molecular weight excluding hydrogens is 574 g/mol. The number of aromatic amines is 1. The van der Waals surface area contributed by atoms with Crippen molar-refractivity contribution in [3.8, 4) is 17.3 Å². The van der Waals surface area contributed by atoms with E-state index in [0.29, 0.717) is 55.4 Å². The van der Waals surface area contributed by atoms with E-state index in [0.717, 1.165) is 6.20 Å². The van der Waals surface area contributed by atoms with Gasteiger partial charge in [-0.2, -0.15) is 5.10 Å². The summed E-state index contributed by atoms with van der Waals surface area (Å²) in [6, 6.07) is 5.05. The van der Waals surface area contributed by atoms with Gasteiger partial charge in [-0.1, -0.05) is 6.42 Å². The fourth-order valence-electron chi connectivity index (χ4n) is 6.06. The first kappa shape index (κ1) is 29.2. The Kier molecular flexibility index (Phi) is 7.74. The summed E-state index contributed by atoms with van der Waals surface area (Å²) in [5.74, 6) is -2.66. The van der Waals surface area contributed by atoms with E-state index >= 15 is 0 Å². The molecule has 12 nitrogen and oxygen atoms in total. The van der Waals surface area contributed by atoms with Gasteiger partial charge in [-0.15, -0.1) is 0 Å². The number of carbonyl (C=O) groups excluding carboxylic acids is 2. The number of aromatic nitrogens is 5. The zero-order valence-electron chi connectivity index (χ0n) is 24.2. The summed E-state index contributed by atoms with van der Waals surface area (Å²) in [6.45, 7) is 4.52. The van der Waals surface area contributed by atoms with Gasteiger partial charge >= 0.3 is 0 Å². The molecule has 0 radical (unpaired) electrons. The summed E-state index contributed by atoms with van der Waals surface area (Å²) in [5.41, 5.74) is 0.563. The molecule has 14 heteroatoms. The molecule has 230 valence electrons. The maximum Gasteiger partial charge on any atom is 0.274 e. The molecule has 0 saturated heterocycles. The number of amides is 2. The molecule has 2 amide bonds. The van der Waals surface area contributed by atoms with Crippen molar-refractivity contribution in [1.29, 1.82) is 0 Å². The van der Waals surface area contributed by atoms with Gasteiger partial charge in [0.1, 0.15) is 11.5 Å². The molecule has 2 atom stereocenters. The Morgan fingerprint density at radius 1 is 1.18 bits per heavy atom. The molecule has 0 bridgehead atoms. The lowest BCUT2D eigenvalue weighted by Crippen LogP contribution is -2.46. The van der Waals surface area contributed by atoms with Gasteiger partial charge in [0.2, 0.25) is 11.3 Å². The lowest BCUT2D eigenvalue weighted by Gasteiger charge is -2.34. The molecule has 6 rings (SSSR count). The van der Waals surface area contributed by atoms with Crippen molar-refractivity contribution in [3.63, 3.8) is 0 Å². The summed E-state index contributed by atoms with van der Waals surface area (Å²) < 4.78 is 30.2. The number of benzene rings is 1. The molecule has 4 aromatic rings. The van der Waals surface area contributed by atoms with Crippen LogP contribution in [0.3, 0.4) is 0 Å². The number of pyridine rings is 1. The van der Waals surface area contributed by atoms with Gasteiger partial charge in [0.25, 0.3) is 5.91 Å². The quantitative estimate of drug-likeness (QED) is 0.250. The van der Waals surface area contributed by atoms with Gasteiger partial charge in [0, 0.05) is 48.2 Å². The molecular formula is C30H32F2N8O4. The van der Waals surface area contributed by atoms with Crippen LogP contribution in [0.1, 0.15) is 55.7 Å². The normalized spacial score (nSPS) is 18.5. The monoisotopic (exact) mass is 606 g/mol. The topological polar surface area (TPSA) is 158 Å². The first-order valence-electron chi connectivity index (χ1n) is 14.6. The fraction of sp³-hybridized carbons (Fsp3) is 0.400. The van der Waals surface area contributed by atoms with Crippen LogP contribution in [0.2, 0.25) is 0 Å². The van der Waals surface area contributed by atoms with Crippen LogP contribution in [0.15, 0.2) is 35.3 Å². The number of anilines is 1. The Morgan fingerprint density at radius 2 is 2.00 bits per heavy atom. The fourth-order valence-corrected chi connectivity index (χ4v) is 6.06. The third-order valence-electron chi connectivity index (χ3n) is 8.33. The van der Waals surface area contributed by atoms with Crippen molar-refractivity contribution >= 4 is 28.5 Å². The second kappa shape index (κ2) is 11.7. The smallest absolute Gasteiger partial charge is 0.274 e. The van der Waals surface area contributed by atoms with Crippen LogP contribution in [0, 0.1) is 17.6 Å². The summed E-state index contributed by atoms with van der Waals surface area (Å²) >= 11 is 0. The van der Waals surface area contributed by atoms with E-state index in [1.807, 2.05) is 13.8 Å². The summed E-state index contributed by atoms with van der Waals surface area (Å²) in [4.78, 5) is 48.7. The Labute approximate surface area is 250 Å². The second-order valence-electron chi connectivity index (χ2n) is 11.5. The van der Waals surface area contributed by atoms with Crippen molar-refractivity contribution in [3.05, 3.63) is 63.7 Å². The van der Waals surface area contributed by atoms with Crippen LogP contribution in [0.4, 0.5) is 14.6 Å². The highest BCUT2D eigenvalue weighted by molar-refractivity contribution is 5.96. The molecule has 44 heavy (non-hydrogen) atoms. The molecule has 1 aliphatic carbocycles. The predicted molar refractivity (Wildman–Crippen MR) is 157 cm³/mol. The average molecular weight is 607 g/mol. The molecule has 2 aliphatic rings. The molecule has 1 aromatic carbocycles. The van der Waals surface area contributed by atoms with E-state index in [1.165, 1.54) is 18.2 Å². The molecule has 1 aliphatic heterocycles. The number of carbonyl (C=O) groups is 2. The average Bonchev–Trinajstić information content (AvgIpc) is 3.42. The molecule has 1 saturated carbocycles. The number of aromatic hydroxyl groups is 1. The van der Waals surface area contributed by atoms with Crippen LogP contribution in [-0.4, -0.2) is 65.2 Å². The van der Waals surface area contributed by atoms with Gasteiger partial charge < -0.3 is 25.2 Å². The van der Waals surface area contributed by atoms with E-state index in [4.69, 9.17) is 0 Å². The number of hydrogen-bond donors (Lipinski definition) is 4. The van der Waals surface area contributed by atoms with E-state index in [2.05, 4.69) is 30.8 Å². The van der Waals surface area contributed by atoms with E-state index in [1.54, 1.807) is 15.5 Å². The van der Waals surface area contributed by atoms with Crippen molar-refractivity contribution < 1.29 is 23.5 Å². The standard InChI is InChI=1S/C30H32F2N8O4/c1-15(2)39-8-9-40-19(12-23(41)26(42)25(40)30(39)44)13-34-29(43)16-4-3-5-18(10-16)35-27-21(32)14-33-28(36-27)24-20-11-17(31)6-7-22(20)37-38-24/h6-7,11-12,14-16,18,42H,3-5,8-10,13H2,1-2H3,(H,34,43)(H,37,38)(H,33,35,36)/t16-,18+/m0/s1. The molecule has 4 heterocycles. The molecule has 0 unspecified atom stereocenters. The lowest BCUT2D eigenvalue weighted by molar-refractivity contribution is -0.126. The maximum absolute atomic E-state index is 14.8. The summed E-state index contributed by atoms with van der Waals surface area (Å²) in [7, 11) is 0. The van der Waals surface area contributed by atoms with Crippen molar-refractivity contribution in [2.45, 2.75) is 64.7 Å². The molecule has 3 aromatic heterocycles. The Hall–Kier alpha value is -4.88. The molecule has 1 fully saturated rings. The zero-order valence-corrected chi connectivity index (χ0v) is 24.2. The maximum atomic E-state index is 14.8. The highest BCUT2D eigenvalue weighted by atomic mass is 19.1. The summed E-state index contributed by atoms with van der Waals surface area (Å²) in [6.07, 6.45) is 3.47. The van der Waals surface area contributed by atoms with Gasteiger partial charge in [-0.3, -0.25) is 19.5 Å². The van der Waals surface area contributed by atoms with Crippen molar-refractivity contribution in [2.24, 2.45) is 5.92 Å². The number of fused-ring (bicyclic) bond motifs is 2. The Bertz CT molecular complexity index is 1820. The Balaban J connectivity index is 1.14. The number of nitrogens with one attached hydrogen (secondary N) is 3. The number of rotatable bonds is 7. The third-order valence-corrected chi connectivity index (χ3v) is 8.33. The first-order chi connectivity index (χ1) is 21.1. The van der Waals surface area contributed by atoms with Gasteiger partial charge in [-0.25, -0.2) is 18.7 Å². The lowest BCUT2D eigenvalue weighted by atomic mass is 9.85. The third kappa shape index (κ3) is 5.47. The van der Waals surface area contributed by atoms with E-state index in [-0.39, 0.29) is 53.5 Å². The SMILES string of the molecule is CC(C)N1CCn2c(CNC(=O)[C@H]3CCC[C@@H](Nc4nc(-c5n[nH]c6ccc(F)cc56)ncc4F)C3)cc(=O)c(O)c2C1=O. The van der Waals surface area contributed by atoms with Crippen LogP contribution < -0.4 is 16.1 Å². The van der Waals surface area contributed by atoms with E-state index in [9.17, 15) is 28.3 Å². The number of nitrogens with zero attached hydrogens (tertiary/aromatic N) is 5. The number of H-pyrrole nitrogens is 1. The minimum Gasteiger partial charge on any atom is -0.503 e. The summed E-state index contributed by atoms with van der Waals surface area (Å²) in [5, 5.41) is 23.8. The van der Waals surface area contributed by atoms with Crippen LogP contribution >= 0.6 is 0 Å².